The van der Waals surface area contributed by atoms with Gasteiger partial charge in [-0.2, -0.15) is 0 Å². The van der Waals surface area contributed by atoms with Crippen LogP contribution in [0.15, 0.2) is 18.2 Å². The van der Waals surface area contributed by atoms with Gasteiger partial charge < -0.3 is 20.1 Å². The van der Waals surface area contributed by atoms with Gasteiger partial charge in [-0.1, -0.05) is 23.4 Å². The predicted molar refractivity (Wildman–Crippen MR) is 79.3 cm³/mol. The molecule has 1 atom stereocenters. The smallest absolute Gasteiger partial charge is 0.132 e. The molecule has 1 aromatic carbocycles. The number of hydrogen-bond donors (Lipinski definition) is 3. The lowest BCUT2D eigenvalue weighted by Crippen LogP contribution is -2.22. The first kappa shape index (κ1) is 16.4. The molecule has 1 unspecified atom stereocenters. The lowest BCUT2D eigenvalue weighted by atomic mass is 10.1. The fourth-order valence-corrected chi connectivity index (χ4v) is 2.22. The number of para-hydroxylation sites is 1. The molecule has 0 amide bonds. The van der Waals surface area contributed by atoms with E-state index in [1.54, 1.807) is 0 Å². The van der Waals surface area contributed by atoms with Gasteiger partial charge in [0.15, 0.2) is 0 Å². The standard InChI is InChI=1S/C15H21N3O4/c1-10-4-3-5-11(2)15(10)22-9-14-13(8-20)16-17-18(14)6-12(21)7-19/h3-5,12,19-21H,6-9H2,1-2H3. The number of ether oxygens (including phenoxy) is 1. The highest BCUT2D eigenvalue weighted by molar-refractivity contribution is 5.39. The molecule has 0 aliphatic carbocycles. The number of hydrogen-bond acceptors (Lipinski definition) is 6. The van der Waals surface area contributed by atoms with Crippen molar-refractivity contribution in [3.05, 3.63) is 40.7 Å². The topological polar surface area (TPSA) is 101 Å². The Morgan fingerprint density at radius 2 is 1.91 bits per heavy atom. The third-order valence-corrected chi connectivity index (χ3v) is 3.42. The minimum atomic E-state index is -0.938. The van der Waals surface area contributed by atoms with Crippen LogP contribution in [0.4, 0.5) is 0 Å². The summed E-state index contributed by atoms with van der Waals surface area (Å²) < 4.78 is 7.30. The fourth-order valence-electron chi connectivity index (χ4n) is 2.22. The van der Waals surface area contributed by atoms with Crippen molar-refractivity contribution >= 4 is 0 Å². The van der Waals surface area contributed by atoms with Crippen molar-refractivity contribution in [2.75, 3.05) is 6.61 Å². The Labute approximate surface area is 128 Å². The highest BCUT2D eigenvalue weighted by Gasteiger charge is 2.16. The van der Waals surface area contributed by atoms with E-state index < -0.39 is 6.10 Å². The Kier molecular flexibility index (Phi) is 5.48. The van der Waals surface area contributed by atoms with Gasteiger partial charge in [0.25, 0.3) is 0 Å². The maximum atomic E-state index is 9.55. The van der Waals surface area contributed by atoms with Crippen molar-refractivity contribution in [1.82, 2.24) is 15.0 Å². The molecule has 2 aromatic rings. The minimum Gasteiger partial charge on any atom is -0.487 e. The van der Waals surface area contributed by atoms with Crippen molar-refractivity contribution in [2.45, 2.75) is 39.7 Å². The predicted octanol–water partition coefficient (Wildman–Crippen LogP) is 0.319. The van der Waals surface area contributed by atoms with Crippen molar-refractivity contribution in [3.63, 3.8) is 0 Å². The lowest BCUT2D eigenvalue weighted by molar-refractivity contribution is 0.0760. The number of aromatic nitrogens is 3. The van der Waals surface area contributed by atoms with Crippen molar-refractivity contribution in [3.8, 4) is 5.75 Å². The Morgan fingerprint density at radius 1 is 1.23 bits per heavy atom. The van der Waals surface area contributed by atoms with E-state index in [1.807, 2.05) is 32.0 Å². The van der Waals surface area contributed by atoms with Crippen LogP contribution >= 0.6 is 0 Å². The van der Waals surface area contributed by atoms with Crippen LogP contribution < -0.4 is 4.74 Å². The highest BCUT2D eigenvalue weighted by atomic mass is 16.5. The van der Waals surface area contributed by atoms with Crippen LogP contribution in [0.1, 0.15) is 22.5 Å². The summed E-state index contributed by atoms with van der Waals surface area (Å²) >= 11 is 0. The Bertz CT molecular complexity index is 607. The first-order valence-corrected chi connectivity index (χ1v) is 7.06. The molecule has 2 rings (SSSR count). The second-order valence-electron chi connectivity index (χ2n) is 5.17. The molecule has 1 heterocycles. The number of nitrogens with zero attached hydrogens (tertiary/aromatic N) is 3. The molecule has 0 saturated carbocycles. The zero-order valence-corrected chi connectivity index (χ0v) is 12.7. The maximum Gasteiger partial charge on any atom is 0.132 e. The SMILES string of the molecule is Cc1cccc(C)c1OCc1c(CO)nnn1CC(O)CO. The molecule has 0 fully saturated rings. The zero-order chi connectivity index (χ0) is 16.1. The largest absolute Gasteiger partial charge is 0.487 e. The van der Waals surface area contributed by atoms with E-state index in [1.165, 1.54) is 4.68 Å². The van der Waals surface area contributed by atoms with E-state index in [9.17, 15) is 10.2 Å². The summed E-state index contributed by atoms with van der Waals surface area (Å²) in [7, 11) is 0. The molecule has 3 N–H and O–H groups in total. The van der Waals surface area contributed by atoms with Gasteiger partial charge in [-0.25, -0.2) is 4.68 Å². The molecule has 0 bridgehead atoms. The lowest BCUT2D eigenvalue weighted by Gasteiger charge is -2.14. The van der Waals surface area contributed by atoms with Crippen molar-refractivity contribution in [1.29, 1.82) is 0 Å². The van der Waals surface area contributed by atoms with Crippen LogP contribution in [0, 0.1) is 13.8 Å². The molecular formula is C15H21N3O4. The van der Waals surface area contributed by atoms with E-state index >= 15 is 0 Å². The molecule has 0 saturated heterocycles. The highest BCUT2D eigenvalue weighted by Crippen LogP contribution is 2.23. The Balaban J connectivity index is 2.19. The van der Waals surface area contributed by atoms with Crippen LogP contribution in [0.2, 0.25) is 0 Å². The van der Waals surface area contributed by atoms with Crippen LogP contribution in [-0.4, -0.2) is 43.0 Å². The van der Waals surface area contributed by atoms with Gasteiger partial charge in [0.05, 0.1) is 25.9 Å². The number of aryl methyl sites for hydroxylation is 2. The number of aliphatic hydroxyl groups is 3. The zero-order valence-electron chi connectivity index (χ0n) is 12.7. The molecule has 0 radical (unpaired) electrons. The van der Waals surface area contributed by atoms with E-state index in [0.717, 1.165) is 16.9 Å². The summed E-state index contributed by atoms with van der Waals surface area (Å²) in [5.74, 6) is 0.779. The van der Waals surface area contributed by atoms with E-state index in [-0.39, 0.29) is 26.4 Å². The summed E-state index contributed by atoms with van der Waals surface area (Å²) in [5.41, 5.74) is 3.01. The number of benzene rings is 1. The molecule has 120 valence electrons. The maximum absolute atomic E-state index is 9.55. The number of rotatable bonds is 7. The average molecular weight is 307 g/mol. The van der Waals surface area contributed by atoms with E-state index in [0.29, 0.717) is 11.4 Å². The summed E-state index contributed by atoms with van der Waals surface area (Å²) in [4.78, 5) is 0. The van der Waals surface area contributed by atoms with Gasteiger partial charge >= 0.3 is 0 Å². The molecule has 7 nitrogen and oxygen atoms in total. The third kappa shape index (κ3) is 3.62. The minimum absolute atomic E-state index is 0.0922. The Morgan fingerprint density at radius 3 is 2.50 bits per heavy atom. The van der Waals surface area contributed by atoms with Crippen LogP contribution in [0.25, 0.3) is 0 Å². The van der Waals surface area contributed by atoms with Gasteiger partial charge in [0.1, 0.15) is 23.7 Å². The Hall–Kier alpha value is -1.96. The van der Waals surface area contributed by atoms with Crippen LogP contribution in [0.3, 0.4) is 0 Å². The second-order valence-corrected chi connectivity index (χ2v) is 5.17. The van der Waals surface area contributed by atoms with Gasteiger partial charge in [0, 0.05) is 0 Å². The van der Waals surface area contributed by atoms with Crippen LogP contribution in [-0.2, 0) is 19.8 Å². The summed E-state index contributed by atoms with van der Waals surface area (Å²) in [5, 5.41) is 35.6. The molecular weight excluding hydrogens is 286 g/mol. The molecule has 22 heavy (non-hydrogen) atoms. The second kappa shape index (κ2) is 7.35. The average Bonchev–Trinajstić information content (AvgIpc) is 2.88. The summed E-state index contributed by atoms with van der Waals surface area (Å²) in [6.07, 6.45) is -0.938. The first-order valence-electron chi connectivity index (χ1n) is 7.06. The third-order valence-electron chi connectivity index (χ3n) is 3.42. The van der Waals surface area contributed by atoms with E-state index in [4.69, 9.17) is 9.84 Å². The van der Waals surface area contributed by atoms with Crippen molar-refractivity contribution in [2.24, 2.45) is 0 Å². The fraction of sp³-hybridized carbons (Fsp3) is 0.467. The molecule has 1 aromatic heterocycles. The summed E-state index contributed by atoms with van der Waals surface area (Å²) in [6, 6.07) is 5.88. The quantitative estimate of drug-likeness (QED) is 0.681. The van der Waals surface area contributed by atoms with Gasteiger partial charge in [-0.05, 0) is 25.0 Å². The van der Waals surface area contributed by atoms with Crippen LogP contribution in [0.5, 0.6) is 5.75 Å². The van der Waals surface area contributed by atoms with Gasteiger partial charge in [0.2, 0.25) is 0 Å². The molecule has 0 aliphatic rings. The van der Waals surface area contributed by atoms with E-state index in [2.05, 4.69) is 10.3 Å². The monoisotopic (exact) mass is 307 g/mol. The molecule has 7 heteroatoms. The first-order chi connectivity index (χ1) is 10.6. The van der Waals surface area contributed by atoms with Crippen molar-refractivity contribution < 1.29 is 20.1 Å². The van der Waals surface area contributed by atoms with Gasteiger partial charge in [-0.15, -0.1) is 5.10 Å². The summed E-state index contributed by atoms with van der Waals surface area (Å²) in [6.45, 7) is 3.55. The number of aliphatic hydroxyl groups excluding tert-OH is 3. The molecule has 0 aliphatic heterocycles. The normalized spacial score (nSPS) is 12.4. The van der Waals surface area contributed by atoms with Gasteiger partial charge in [-0.3, -0.25) is 0 Å². The molecule has 0 spiro atoms.